The summed E-state index contributed by atoms with van der Waals surface area (Å²) in [4.78, 5) is 13.9. The molecule has 0 saturated carbocycles. The van der Waals surface area contributed by atoms with Gasteiger partial charge in [-0.2, -0.15) is 4.31 Å². The summed E-state index contributed by atoms with van der Waals surface area (Å²) < 4.78 is 27.1. The molecule has 3 aromatic rings. The van der Waals surface area contributed by atoms with Gasteiger partial charge in [0, 0.05) is 36.5 Å². The van der Waals surface area contributed by atoms with E-state index in [2.05, 4.69) is 21.8 Å². The Morgan fingerprint density at radius 3 is 2.65 bits per heavy atom. The van der Waals surface area contributed by atoms with Crippen molar-refractivity contribution in [3.63, 3.8) is 0 Å². The number of benzene rings is 1. The van der Waals surface area contributed by atoms with Crippen molar-refractivity contribution in [2.75, 3.05) is 31.1 Å². The average molecular weight is 455 g/mol. The van der Waals surface area contributed by atoms with E-state index in [1.54, 1.807) is 28.0 Å². The maximum absolute atomic E-state index is 12.8. The Labute approximate surface area is 187 Å². The van der Waals surface area contributed by atoms with E-state index in [1.807, 2.05) is 30.3 Å². The third-order valence-electron chi connectivity index (χ3n) is 6.20. The number of piperazine rings is 1. The Bertz CT molecular complexity index is 1210. The van der Waals surface area contributed by atoms with Crippen LogP contribution >= 0.6 is 11.3 Å². The van der Waals surface area contributed by atoms with Crippen LogP contribution in [-0.4, -0.2) is 48.9 Å². The van der Waals surface area contributed by atoms with Gasteiger partial charge in [0.25, 0.3) is 0 Å². The highest BCUT2D eigenvalue weighted by Gasteiger charge is 2.29. The van der Waals surface area contributed by atoms with Crippen LogP contribution in [0.25, 0.3) is 16.3 Å². The number of fused-ring (bicyclic) bond motifs is 3. The van der Waals surface area contributed by atoms with Gasteiger partial charge < -0.3 is 4.90 Å². The van der Waals surface area contributed by atoms with E-state index in [-0.39, 0.29) is 0 Å². The van der Waals surface area contributed by atoms with Crippen LogP contribution in [-0.2, 0) is 22.9 Å². The third kappa shape index (κ3) is 4.12. The van der Waals surface area contributed by atoms with Crippen LogP contribution in [0.15, 0.2) is 42.1 Å². The molecule has 162 valence electrons. The fourth-order valence-electron chi connectivity index (χ4n) is 4.47. The number of anilines is 1. The molecule has 3 heterocycles. The van der Waals surface area contributed by atoms with Gasteiger partial charge in [0.1, 0.15) is 17.0 Å². The molecule has 0 N–H and O–H groups in total. The van der Waals surface area contributed by atoms with Crippen molar-refractivity contribution in [3.05, 3.63) is 58.1 Å². The number of nitrogens with zero attached hydrogens (tertiary/aromatic N) is 4. The molecule has 0 amide bonds. The molecule has 2 aromatic heterocycles. The van der Waals surface area contributed by atoms with Gasteiger partial charge >= 0.3 is 0 Å². The number of rotatable bonds is 4. The normalized spacial score (nSPS) is 20.4. The highest BCUT2D eigenvalue weighted by Crippen LogP contribution is 2.40. The minimum atomic E-state index is -3.44. The zero-order chi connectivity index (χ0) is 21.4. The predicted octanol–water partition coefficient (Wildman–Crippen LogP) is 3.94. The molecular weight excluding hydrogens is 428 g/mol. The zero-order valence-corrected chi connectivity index (χ0v) is 19.2. The average Bonchev–Trinajstić information content (AvgIpc) is 3.16. The van der Waals surface area contributed by atoms with Gasteiger partial charge in [-0.15, -0.1) is 11.3 Å². The van der Waals surface area contributed by atoms with Crippen LogP contribution in [0, 0.1) is 5.92 Å². The highest BCUT2D eigenvalue weighted by molar-refractivity contribution is 7.92. The van der Waals surface area contributed by atoms with Crippen molar-refractivity contribution in [1.29, 1.82) is 0 Å². The van der Waals surface area contributed by atoms with E-state index in [4.69, 9.17) is 0 Å². The molecule has 1 aromatic carbocycles. The second-order valence-corrected chi connectivity index (χ2v) is 11.3. The van der Waals surface area contributed by atoms with Crippen LogP contribution in [0.4, 0.5) is 5.82 Å². The Hall–Kier alpha value is -2.29. The molecule has 2 aliphatic rings. The maximum atomic E-state index is 12.8. The maximum Gasteiger partial charge on any atom is 0.236 e. The number of sulfonamides is 1. The van der Waals surface area contributed by atoms with Crippen LogP contribution in [0.1, 0.15) is 29.3 Å². The number of hydrogen-bond donors (Lipinski definition) is 0. The van der Waals surface area contributed by atoms with Crippen molar-refractivity contribution < 1.29 is 8.42 Å². The molecule has 1 unspecified atom stereocenters. The lowest BCUT2D eigenvalue weighted by Crippen LogP contribution is -2.48. The molecule has 1 saturated heterocycles. The summed E-state index contributed by atoms with van der Waals surface area (Å²) in [6.45, 7) is 4.48. The van der Waals surface area contributed by atoms with E-state index in [0.717, 1.165) is 35.0 Å². The largest absolute Gasteiger partial charge is 0.353 e. The minimum absolute atomic E-state index is 0.455. The molecule has 0 radical (unpaired) electrons. The van der Waals surface area contributed by atoms with Crippen LogP contribution in [0.2, 0.25) is 0 Å². The molecule has 0 spiro atoms. The highest BCUT2D eigenvalue weighted by atomic mass is 32.2. The molecular formula is C23H26N4O2S2. The van der Waals surface area contributed by atoms with E-state index in [0.29, 0.717) is 26.2 Å². The first-order valence-electron chi connectivity index (χ1n) is 10.7. The Balaban J connectivity index is 1.34. The van der Waals surface area contributed by atoms with Crippen molar-refractivity contribution in [2.45, 2.75) is 26.2 Å². The summed E-state index contributed by atoms with van der Waals surface area (Å²) >= 11 is 1.80. The molecule has 8 heteroatoms. The summed E-state index contributed by atoms with van der Waals surface area (Å²) in [5.41, 5.74) is 2.29. The first-order chi connectivity index (χ1) is 15.0. The van der Waals surface area contributed by atoms with Gasteiger partial charge in [0.05, 0.1) is 5.39 Å². The lowest BCUT2D eigenvalue weighted by molar-refractivity contribution is 0.389. The Kier molecular flexibility index (Phi) is 5.54. The summed E-state index contributed by atoms with van der Waals surface area (Å²) in [5, 5.41) is 2.51. The third-order valence-corrected chi connectivity index (χ3v) is 8.93. The predicted molar refractivity (Wildman–Crippen MR) is 127 cm³/mol. The molecule has 1 aliphatic heterocycles. The number of hydrogen-bond acceptors (Lipinski definition) is 6. The molecule has 0 bridgehead atoms. The minimum Gasteiger partial charge on any atom is -0.353 e. The summed E-state index contributed by atoms with van der Waals surface area (Å²) in [6, 6.07) is 9.51. The Morgan fingerprint density at radius 1 is 1.10 bits per heavy atom. The quantitative estimate of drug-likeness (QED) is 0.597. The molecule has 1 aliphatic carbocycles. The molecule has 6 nitrogen and oxygen atoms in total. The van der Waals surface area contributed by atoms with Crippen molar-refractivity contribution in [1.82, 2.24) is 14.3 Å². The monoisotopic (exact) mass is 454 g/mol. The first-order valence-corrected chi connectivity index (χ1v) is 13.1. The van der Waals surface area contributed by atoms with Gasteiger partial charge in [-0.25, -0.2) is 18.4 Å². The lowest BCUT2D eigenvalue weighted by atomic mass is 9.89. The van der Waals surface area contributed by atoms with E-state index in [9.17, 15) is 8.42 Å². The van der Waals surface area contributed by atoms with Gasteiger partial charge in [0.2, 0.25) is 10.0 Å². The van der Waals surface area contributed by atoms with Crippen molar-refractivity contribution in [3.8, 4) is 0 Å². The van der Waals surface area contributed by atoms with Crippen molar-refractivity contribution >= 4 is 43.5 Å². The molecule has 31 heavy (non-hydrogen) atoms. The summed E-state index contributed by atoms with van der Waals surface area (Å²) in [7, 11) is -3.44. The van der Waals surface area contributed by atoms with Gasteiger partial charge in [0.15, 0.2) is 0 Å². The van der Waals surface area contributed by atoms with E-state index >= 15 is 0 Å². The topological polar surface area (TPSA) is 66.4 Å². The fraction of sp³-hybridized carbons (Fsp3) is 0.391. The molecule has 5 rings (SSSR count). The Morgan fingerprint density at radius 2 is 1.87 bits per heavy atom. The SMILES string of the molecule is CC1CCc2c(sc3ncnc(N4CCN(S(=O)(=O)C=Cc5ccccc5)CC4)c23)C1. The second kappa shape index (κ2) is 8.33. The second-order valence-electron chi connectivity index (χ2n) is 8.37. The number of thiophene rings is 1. The number of aromatic nitrogens is 2. The van der Waals surface area contributed by atoms with E-state index in [1.165, 1.54) is 27.7 Å². The summed E-state index contributed by atoms with van der Waals surface area (Å²) in [6.07, 6.45) is 6.71. The summed E-state index contributed by atoms with van der Waals surface area (Å²) in [5.74, 6) is 1.68. The standard InChI is InChI=1S/C23H26N4O2S2/c1-17-7-8-19-20(15-17)30-23-21(19)22(24-16-25-23)26-10-12-27(13-11-26)31(28,29)14-9-18-5-3-2-4-6-18/h2-6,9,14,16-17H,7-8,10-13,15H2,1H3. The molecule has 1 atom stereocenters. The van der Waals surface area contributed by atoms with Crippen LogP contribution in [0.5, 0.6) is 0 Å². The van der Waals surface area contributed by atoms with Gasteiger partial charge in [-0.05, 0) is 42.4 Å². The van der Waals surface area contributed by atoms with Gasteiger partial charge in [-0.1, -0.05) is 37.3 Å². The van der Waals surface area contributed by atoms with E-state index < -0.39 is 10.0 Å². The lowest BCUT2D eigenvalue weighted by Gasteiger charge is -2.34. The first kappa shape index (κ1) is 20.6. The zero-order valence-electron chi connectivity index (χ0n) is 17.6. The fourth-order valence-corrected chi connectivity index (χ4v) is 6.99. The van der Waals surface area contributed by atoms with Crippen LogP contribution in [0.3, 0.4) is 0 Å². The smallest absolute Gasteiger partial charge is 0.236 e. The molecule has 1 fully saturated rings. The number of aryl methyl sites for hydroxylation is 1. The van der Waals surface area contributed by atoms with Gasteiger partial charge in [-0.3, -0.25) is 0 Å². The van der Waals surface area contributed by atoms with Crippen LogP contribution < -0.4 is 4.90 Å². The van der Waals surface area contributed by atoms with Crippen molar-refractivity contribution in [2.24, 2.45) is 5.92 Å².